The lowest BCUT2D eigenvalue weighted by Gasteiger charge is -2.13. The smallest absolute Gasteiger partial charge is 0.303 e. The fourth-order valence-electron chi connectivity index (χ4n) is 1.97. The maximum Gasteiger partial charge on any atom is 0.303 e. The van der Waals surface area contributed by atoms with E-state index in [1.54, 1.807) is 30.3 Å². The predicted octanol–water partition coefficient (Wildman–Crippen LogP) is 3.05. The third kappa shape index (κ3) is 5.39. The molecule has 0 amide bonds. The van der Waals surface area contributed by atoms with Gasteiger partial charge in [-0.25, -0.2) is 0 Å². The SMILES string of the molecule is N#Cc1ccc(COC(O)CCC(=O)O)cc1Oc1ccccc1. The number of nitrogens with zero attached hydrogens (tertiary/aromatic N) is 1. The molecule has 0 saturated heterocycles. The third-order valence-electron chi connectivity index (χ3n) is 3.19. The van der Waals surface area contributed by atoms with Gasteiger partial charge in [0.1, 0.15) is 17.6 Å². The first-order valence-corrected chi connectivity index (χ1v) is 7.36. The molecule has 124 valence electrons. The highest BCUT2D eigenvalue weighted by Gasteiger charge is 2.10. The topological polar surface area (TPSA) is 99.8 Å². The summed E-state index contributed by atoms with van der Waals surface area (Å²) in [4.78, 5) is 10.5. The Kier molecular flexibility index (Phi) is 6.32. The van der Waals surface area contributed by atoms with Crippen LogP contribution in [0.4, 0.5) is 0 Å². The first-order valence-electron chi connectivity index (χ1n) is 7.36. The number of carboxylic acid groups (broad SMARTS) is 1. The fourth-order valence-corrected chi connectivity index (χ4v) is 1.97. The zero-order valence-electron chi connectivity index (χ0n) is 12.9. The number of carbonyl (C=O) groups is 1. The Balaban J connectivity index is 2.03. The van der Waals surface area contributed by atoms with E-state index in [9.17, 15) is 15.2 Å². The van der Waals surface area contributed by atoms with Gasteiger partial charge in [-0.2, -0.15) is 5.26 Å². The van der Waals surface area contributed by atoms with Crippen molar-refractivity contribution in [2.75, 3.05) is 0 Å². The van der Waals surface area contributed by atoms with Crippen LogP contribution in [-0.4, -0.2) is 22.5 Å². The Labute approximate surface area is 139 Å². The second kappa shape index (κ2) is 8.67. The molecule has 0 aliphatic heterocycles. The van der Waals surface area contributed by atoms with Gasteiger partial charge >= 0.3 is 5.97 Å². The van der Waals surface area contributed by atoms with E-state index >= 15 is 0 Å². The highest BCUT2D eigenvalue weighted by molar-refractivity contribution is 5.66. The molecule has 0 spiro atoms. The van der Waals surface area contributed by atoms with E-state index in [0.717, 1.165) is 0 Å². The molecule has 0 radical (unpaired) electrons. The number of rotatable bonds is 8. The van der Waals surface area contributed by atoms with Crippen molar-refractivity contribution in [1.29, 1.82) is 5.26 Å². The Bertz CT molecular complexity index is 724. The number of aliphatic hydroxyl groups is 1. The summed E-state index contributed by atoms with van der Waals surface area (Å²) in [5.74, 6) is 0.00737. The zero-order chi connectivity index (χ0) is 17.4. The van der Waals surface area contributed by atoms with Crippen molar-refractivity contribution in [3.05, 3.63) is 59.7 Å². The van der Waals surface area contributed by atoms with Crippen molar-refractivity contribution in [3.63, 3.8) is 0 Å². The molecule has 0 saturated carbocycles. The van der Waals surface area contributed by atoms with Gasteiger partial charge < -0.3 is 19.7 Å². The van der Waals surface area contributed by atoms with E-state index in [1.165, 1.54) is 0 Å². The summed E-state index contributed by atoms with van der Waals surface area (Å²) in [6, 6.07) is 16.1. The molecule has 0 aliphatic rings. The predicted molar refractivity (Wildman–Crippen MR) is 85.3 cm³/mol. The lowest BCUT2D eigenvalue weighted by molar-refractivity contribution is -0.143. The van der Waals surface area contributed by atoms with Crippen LogP contribution in [0.3, 0.4) is 0 Å². The number of hydrogen-bond acceptors (Lipinski definition) is 5. The highest BCUT2D eigenvalue weighted by Crippen LogP contribution is 2.26. The van der Waals surface area contributed by atoms with Crippen LogP contribution in [0, 0.1) is 11.3 Å². The molecule has 2 rings (SSSR count). The van der Waals surface area contributed by atoms with Crippen molar-refractivity contribution in [1.82, 2.24) is 0 Å². The minimum atomic E-state index is -1.16. The van der Waals surface area contributed by atoms with Crippen LogP contribution in [0.5, 0.6) is 11.5 Å². The van der Waals surface area contributed by atoms with Crippen LogP contribution in [0.2, 0.25) is 0 Å². The van der Waals surface area contributed by atoms with E-state index in [-0.39, 0.29) is 19.4 Å². The van der Waals surface area contributed by atoms with Crippen LogP contribution in [0.25, 0.3) is 0 Å². The number of nitriles is 1. The minimum absolute atomic E-state index is 0.0129. The second-order valence-corrected chi connectivity index (χ2v) is 5.06. The molecular weight excluding hydrogens is 310 g/mol. The van der Waals surface area contributed by atoms with Crippen molar-refractivity contribution in [2.24, 2.45) is 0 Å². The van der Waals surface area contributed by atoms with Gasteiger partial charge in [0.05, 0.1) is 18.6 Å². The summed E-state index contributed by atoms with van der Waals surface area (Å²) >= 11 is 0. The molecule has 0 heterocycles. The van der Waals surface area contributed by atoms with E-state index in [4.69, 9.17) is 14.6 Å². The molecular formula is C18H17NO5. The number of carboxylic acids is 1. The monoisotopic (exact) mass is 327 g/mol. The number of aliphatic hydroxyl groups excluding tert-OH is 1. The molecule has 0 fully saturated rings. The van der Waals surface area contributed by atoms with Gasteiger partial charge in [0, 0.05) is 6.42 Å². The molecule has 6 nitrogen and oxygen atoms in total. The Morgan fingerprint density at radius 3 is 2.62 bits per heavy atom. The van der Waals surface area contributed by atoms with Crippen LogP contribution in [0.1, 0.15) is 24.0 Å². The molecule has 0 aromatic heterocycles. The van der Waals surface area contributed by atoms with E-state index < -0.39 is 12.3 Å². The van der Waals surface area contributed by atoms with E-state index in [2.05, 4.69) is 6.07 Å². The first kappa shape index (κ1) is 17.5. The maximum atomic E-state index is 10.5. The molecule has 2 aromatic rings. The molecule has 1 atom stereocenters. The Morgan fingerprint density at radius 2 is 1.96 bits per heavy atom. The summed E-state index contributed by atoms with van der Waals surface area (Å²) in [6.45, 7) is 0.0810. The van der Waals surface area contributed by atoms with Gasteiger partial charge in [-0.1, -0.05) is 24.3 Å². The van der Waals surface area contributed by atoms with Crippen molar-refractivity contribution in [2.45, 2.75) is 25.7 Å². The van der Waals surface area contributed by atoms with Crippen LogP contribution in [-0.2, 0) is 16.1 Å². The van der Waals surface area contributed by atoms with Crippen LogP contribution < -0.4 is 4.74 Å². The summed E-state index contributed by atoms with van der Waals surface area (Å²) in [5.41, 5.74) is 1.09. The maximum absolute atomic E-state index is 10.5. The average Bonchev–Trinajstić information content (AvgIpc) is 2.59. The molecule has 2 N–H and O–H groups in total. The zero-order valence-corrected chi connectivity index (χ0v) is 12.9. The highest BCUT2D eigenvalue weighted by atomic mass is 16.6. The molecule has 0 aliphatic carbocycles. The normalized spacial score (nSPS) is 11.5. The van der Waals surface area contributed by atoms with Crippen molar-refractivity contribution >= 4 is 5.97 Å². The second-order valence-electron chi connectivity index (χ2n) is 5.06. The minimum Gasteiger partial charge on any atom is -0.481 e. The average molecular weight is 327 g/mol. The molecule has 24 heavy (non-hydrogen) atoms. The van der Waals surface area contributed by atoms with Gasteiger partial charge in [0.15, 0.2) is 6.29 Å². The summed E-state index contributed by atoms with van der Waals surface area (Å²) in [6.07, 6.45) is -1.31. The molecule has 1 unspecified atom stereocenters. The molecule has 2 aromatic carbocycles. The Hall–Kier alpha value is -2.88. The standard InChI is InChI=1S/C18H17NO5/c19-11-14-7-6-13(12-23-18(22)9-8-17(20)21)10-16(14)24-15-4-2-1-3-5-15/h1-7,10,18,22H,8-9,12H2,(H,20,21). The van der Waals surface area contributed by atoms with Gasteiger partial charge in [-0.05, 0) is 29.8 Å². The van der Waals surface area contributed by atoms with Gasteiger partial charge in [0.2, 0.25) is 0 Å². The van der Waals surface area contributed by atoms with Gasteiger partial charge in [0.25, 0.3) is 0 Å². The number of aliphatic carboxylic acids is 1. The lowest BCUT2D eigenvalue weighted by Crippen LogP contribution is -2.13. The van der Waals surface area contributed by atoms with Crippen molar-refractivity contribution in [3.8, 4) is 17.6 Å². The van der Waals surface area contributed by atoms with Gasteiger partial charge in [-0.15, -0.1) is 0 Å². The van der Waals surface area contributed by atoms with Crippen molar-refractivity contribution < 1.29 is 24.5 Å². The van der Waals surface area contributed by atoms with Gasteiger partial charge in [-0.3, -0.25) is 4.79 Å². The number of ether oxygens (including phenoxy) is 2. The quantitative estimate of drug-likeness (QED) is 0.723. The number of benzene rings is 2. The summed E-state index contributed by atoms with van der Waals surface area (Å²) in [7, 11) is 0. The first-order chi connectivity index (χ1) is 11.6. The van der Waals surface area contributed by atoms with E-state index in [1.807, 2.05) is 18.2 Å². The number of para-hydroxylation sites is 1. The third-order valence-corrected chi connectivity index (χ3v) is 3.19. The fraction of sp³-hybridized carbons (Fsp3) is 0.222. The summed E-state index contributed by atoms with van der Waals surface area (Å²) in [5, 5.41) is 27.3. The summed E-state index contributed by atoms with van der Waals surface area (Å²) < 4.78 is 10.9. The molecule has 6 heteroatoms. The lowest BCUT2D eigenvalue weighted by atomic mass is 10.1. The Morgan fingerprint density at radius 1 is 1.21 bits per heavy atom. The number of hydrogen-bond donors (Lipinski definition) is 2. The van der Waals surface area contributed by atoms with Crippen LogP contribution in [0.15, 0.2) is 48.5 Å². The van der Waals surface area contributed by atoms with E-state index in [0.29, 0.717) is 22.6 Å². The molecule has 0 bridgehead atoms. The largest absolute Gasteiger partial charge is 0.481 e. The van der Waals surface area contributed by atoms with Crippen LogP contribution >= 0.6 is 0 Å².